The van der Waals surface area contributed by atoms with E-state index < -0.39 is 0 Å². The van der Waals surface area contributed by atoms with Crippen molar-refractivity contribution in [3.05, 3.63) is 34.3 Å². The molecule has 2 rings (SSSR count). The standard InChI is InChI=1S/C17H21BrO3/c1-2-17(10-4-3-5-11-17)16(20)21-12-15(19)13-6-8-14(18)9-7-13/h6-9H,2-5,10-12H2,1H3. The summed E-state index contributed by atoms with van der Waals surface area (Å²) in [7, 11) is 0. The largest absolute Gasteiger partial charge is 0.457 e. The van der Waals surface area contributed by atoms with Crippen LogP contribution in [0.15, 0.2) is 28.7 Å². The molecular weight excluding hydrogens is 332 g/mol. The Morgan fingerprint density at radius 2 is 1.76 bits per heavy atom. The van der Waals surface area contributed by atoms with Gasteiger partial charge in [-0.2, -0.15) is 0 Å². The zero-order valence-electron chi connectivity index (χ0n) is 12.4. The third-order valence-electron chi connectivity index (χ3n) is 4.42. The molecule has 1 aliphatic carbocycles. The minimum Gasteiger partial charge on any atom is -0.457 e. The third-order valence-corrected chi connectivity index (χ3v) is 4.95. The highest BCUT2D eigenvalue weighted by Gasteiger charge is 2.39. The number of hydrogen-bond acceptors (Lipinski definition) is 3. The molecule has 3 nitrogen and oxygen atoms in total. The van der Waals surface area contributed by atoms with E-state index in [-0.39, 0.29) is 23.8 Å². The van der Waals surface area contributed by atoms with Gasteiger partial charge >= 0.3 is 5.97 Å². The van der Waals surface area contributed by atoms with Gasteiger partial charge < -0.3 is 4.74 Å². The molecule has 0 N–H and O–H groups in total. The third kappa shape index (κ3) is 3.94. The fourth-order valence-electron chi connectivity index (χ4n) is 2.93. The molecule has 1 fully saturated rings. The molecule has 0 aromatic heterocycles. The van der Waals surface area contributed by atoms with Crippen LogP contribution in [0.3, 0.4) is 0 Å². The van der Waals surface area contributed by atoms with Crippen LogP contribution >= 0.6 is 15.9 Å². The van der Waals surface area contributed by atoms with Crippen LogP contribution in [0, 0.1) is 5.41 Å². The average molecular weight is 353 g/mol. The van der Waals surface area contributed by atoms with Crippen molar-refractivity contribution in [2.24, 2.45) is 5.41 Å². The monoisotopic (exact) mass is 352 g/mol. The van der Waals surface area contributed by atoms with E-state index >= 15 is 0 Å². The van der Waals surface area contributed by atoms with Crippen LogP contribution < -0.4 is 0 Å². The van der Waals surface area contributed by atoms with Gasteiger partial charge in [-0.1, -0.05) is 54.2 Å². The summed E-state index contributed by atoms with van der Waals surface area (Å²) in [5.41, 5.74) is 0.207. The number of rotatable bonds is 5. The van der Waals surface area contributed by atoms with Gasteiger partial charge in [0.05, 0.1) is 5.41 Å². The Hall–Kier alpha value is -1.16. The number of benzene rings is 1. The molecule has 0 saturated heterocycles. The maximum Gasteiger partial charge on any atom is 0.312 e. The Morgan fingerprint density at radius 1 is 1.14 bits per heavy atom. The maximum absolute atomic E-state index is 12.4. The fraction of sp³-hybridized carbons (Fsp3) is 0.529. The number of ether oxygens (including phenoxy) is 1. The molecule has 1 aliphatic rings. The Labute approximate surface area is 134 Å². The quantitative estimate of drug-likeness (QED) is 0.577. The summed E-state index contributed by atoms with van der Waals surface area (Å²) in [5.74, 6) is -0.354. The van der Waals surface area contributed by atoms with E-state index in [1.807, 2.05) is 19.1 Å². The van der Waals surface area contributed by atoms with Gasteiger partial charge in [0, 0.05) is 10.0 Å². The highest BCUT2D eigenvalue weighted by Crippen LogP contribution is 2.40. The number of esters is 1. The van der Waals surface area contributed by atoms with E-state index in [2.05, 4.69) is 15.9 Å². The van der Waals surface area contributed by atoms with Gasteiger partial charge in [0.25, 0.3) is 0 Å². The second-order valence-electron chi connectivity index (χ2n) is 5.70. The van der Waals surface area contributed by atoms with E-state index in [1.165, 1.54) is 6.42 Å². The summed E-state index contributed by atoms with van der Waals surface area (Å²) in [5, 5.41) is 0. The van der Waals surface area contributed by atoms with Crippen LogP contribution in [-0.2, 0) is 9.53 Å². The maximum atomic E-state index is 12.4. The van der Waals surface area contributed by atoms with Crippen molar-refractivity contribution >= 4 is 27.7 Å². The molecule has 0 spiro atoms. The fourth-order valence-corrected chi connectivity index (χ4v) is 3.20. The van der Waals surface area contributed by atoms with Crippen molar-refractivity contribution in [2.75, 3.05) is 6.61 Å². The topological polar surface area (TPSA) is 43.4 Å². The molecule has 0 unspecified atom stereocenters. The Bertz CT molecular complexity index is 501. The summed E-state index contributed by atoms with van der Waals surface area (Å²) in [6.45, 7) is 1.87. The first-order chi connectivity index (χ1) is 10.1. The van der Waals surface area contributed by atoms with Crippen molar-refractivity contribution in [3.63, 3.8) is 0 Å². The van der Waals surface area contributed by atoms with Crippen LogP contribution in [0.1, 0.15) is 55.8 Å². The minimum absolute atomic E-state index is 0.155. The van der Waals surface area contributed by atoms with E-state index in [0.29, 0.717) is 5.56 Å². The summed E-state index contributed by atoms with van der Waals surface area (Å²) in [6.07, 6.45) is 5.89. The number of halogens is 1. The molecule has 0 radical (unpaired) electrons. The van der Waals surface area contributed by atoms with Crippen LogP contribution in [0.25, 0.3) is 0 Å². The molecular formula is C17H21BrO3. The Balaban J connectivity index is 1.93. The number of hydrogen-bond donors (Lipinski definition) is 0. The molecule has 1 aromatic rings. The van der Waals surface area contributed by atoms with Crippen molar-refractivity contribution in [1.29, 1.82) is 0 Å². The van der Waals surface area contributed by atoms with E-state index in [0.717, 1.165) is 36.6 Å². The van der Waals surface area contributed by atoms with E-state index in [4.69, 9.17) is 4.74 Å². The SMILES string of the molecule is CCC1(C(=O)OCC(=O)c2ccc(Br)cc2)CCCCC1. The van der Waals surface area contributed by atoms with Gasteiger partial charge in [0.2, 0.25) is 0 Å². The zero-order chi connectivity index (χ0) is 15.3. The molecule has 4 heteroatoms. The van der Waals surface area contributed by atoms with Crippen LogP contribution in [0.5, 0.6) is 0 Å². The first-order valence-electron chi connectivity index (χ1n) is 7.53. The Morgan fingerprint density at radius 3 is 2.33 bits per heavy atom. The molecule has 0 atom stereocenters. The minimum atomic E-state index is -0.363. The lowest BCUT2D eigenvalue weighted by Gasteiger charge is -2.33. The highest BCUT2D eigenvalue weighted by molar-refractivity contribution is 9.10. The highest BCUT2D eigenvalue weighted by atomic mass is 79.9. The molecule has 0 bridgehead atoms. The van der Waals surface area contributed by atoms with E-state index in [1.54, 1.807) is 12.1 Å². The lowest BCUT2D eigenvalue weighted by Crippen LogP contribution is -2.35. The number of Topliss-reactive ketones (excluding diaryl/α,β-unsaturated/α-hetero) is 1. The van der Waals surface area contributed by atoms with Gasteiger partial charge in [-0.05, 0) is 31.4 Å². The van der Waals surface area contributed by atoms with Crippen molar-refractivity contribution in [3.8, 4) is 0 Å². The van der Waals surface area contributed by atoms with Crippen molar-refractivity contribution in [2.45, 2.75) is 45.4 Å². The molecule has 0 aliphatic heterocycles. The predicted molar refractivity (Wildman–Crippen MR) is 85.2 cm³/mol. The van der Waals surface area contributed by atoms with E-state index in [9.17, 15) is 9.59 Å². The number of carbonyl (C=O) groups excluding carboxylic acids is 2. The van der Waals surface area contributed by atoms with Crippen molar-refractivity contribution in [1.82, 2.24) is 0 Å². The molecule has 21 heavy (non-hydrogen) atoms. The summed E-state index contributed by atoms with van der Waals surface area (Å²) < 4.78 is 6.24. The number of carbonyl (C=O) groups is 2. The summed E-state index contributed by atoms with van der Waals surface area (Å²) in [4.78, 5) is 24.4. The van der Waals surface area contributed by atoms with Crippen LogP contribution in [0.2, 0.25) is 0 Å². The van der Waals surface area contributed by atoms with Crippen LogP contribution in [-0.4, -0.2) is 18.4 Å². The second-order valence-corrected chi connectivity index (χ2v) is 6.62. The predicted octanol–water partition coefficient (Wildman–Crippen LogP) is 4.54. The lowest BCUT2D eigenvalue weighted by atomic mass is 9.72. The molecule has 0 heterocycles. The lowest BCUT2D eigenvalue weighted by molar-refractivity contribution is -0.157. The number of ketones is 1. The first-order valence-corrected chi connectivity index (χ1v) is 8.33. The second kappa shape index (κ2) is 7.21. The zero-order valence-corrected chi connectivity index (χ0v) is 13.9. The first kappa shape index (κ1) is 16.2. The summed E-state index contributed by atoms with van der Waals surface area (Å²) >= 11 is 3.33. The molecule has 1 saturated carbocycles. The van der Waals surface area contributed by atoms with Gasteiger partial charge in [-0.25, -0.2) is 0 Å². The molecule has 1 aromatic carbocycles. The summed E-state index contributed by atoms with van der Waals surface area (Å²) in [6, 6.07) is 7.08. The normalized spacial score (nSPS) is 17.2. The van der Waals surface area contributed by atoms with Gasteiger partial charge in [0.1, 0.15) is 0 Å². The Kier molecular flexibility index (Phi) is 5.57. The van der Waals surface area contributed by atoms with Gasteiger partial charge in [-0.15, -0.1) is 0 Å². The molecule has 114 valence electrons. The van der Waals surface area contributed by atoms with Gasteiger partial charge in [-0.3, -0.25) is 9.59 Å². The van der Waals surface area contributed by atoms with Gasteiger partial charge in [0.15, 0.2) is 12.4 Å². The molecule has 0 amide bonds. The smallest absolute Gasteiger partial charge is 0.312 e. The van der Waals surface area contributed by atoms with Crippen LogP contribution in [0.4, 0.5) is 0 Å². The average Bonchev–Trinajstić information content (AvgIpc) is 2.53. The van der Waals surface area contributed by atoms with Crippen molar-refractivity contribution < 1.29 is 14.3 Å².